The van der Waals surface area contributed by atoms with E-state index in [0.29, 0.717) is 13.1 Å². The molecule has 1 unspecified atom stereocenters. The van der Waals surface area contributed by atoms with Crippen molar-refractivity contribution >= 4 is 11.9 Å². The normalized spacial score (nSPS) is 21.2. The molecule has 1 fully saturated rings. The van der Waals surface area contributed by atoms with Gasteiger partial charge in [0.1, 0.15) is 0 Å². The SMILES string of the molecule is CN(C)C(=O)N1CCC(C(=O)NC2CCCCc3ccccc32)CC1. The van der Waals surface area contributed by atoms with Gasteiger partial charge >= 0.3 is 6.03 Å². The monoisotopic (exact) mass is 343 g/mol. The van der Waals surface area contributed by atoms with Gasteiger partial charge in [-0.05, 0) is 43.2 Å². The molecule has 0 saturated carbocycles. The maximum Gasteiger partial charge on any atom is 0.319 e. The number of hydrogen-bond acceptors (Lipinski definition) is 2. The summed E-state index contributed by atoms with van der Waals surface area (Å²) in [4.78, 5) is 28.2. The van der Waals surface area contributed by atoms with E-state index >= 15 is 0 Å². The van der Waals surface area contributed by atoms with E-state index in [1.165, 1.54) is 17.5 Å². The Morgan fingerprint density at radius 1 is 1.08 bits per heavy atom. The van der Waals surface area contributed by atoms with Crippen LogP contribution in [0.5, 0.6) is 0 Å². The number of aryl methyl sites for hydroxylation is 1. The Morgan fingerprint density at radius 3 is 2.52 bits per heavy atom. The predicted octanol–water partition coefficient (Wildman–Crippen LogP) is 2.96. The molecule has 1 N–H and O–H groups in total. The quantitative estimate of drug-likeness (QED) is 0.840. The van der Waals surface area contributed by atoms with E-state index in [1.807, 2.05) is 4.90 Å². The minimum atomic E-state index is 0.0154. The van der Waals surface area contributed by atoms with Crippen molar-refractivity contribution in [1.29, 1.82) is 0 Å². The summed E-state index contributed by atoms with van der Waals surface area (Å²) in [6, 6.07) is 8.66. The van der Waals surface area contributed by atoms with Crippen molar-refractivity contribution in [1.82, 2.24) is 15.1 Å². The van der Waals surface area contributed by atoms with Crippen LogP contribution in [-0.4, -0.2) is 48.9 Å². The molecular formula is C20H29N3O2. The number of urea groups is 1. The number of amides is 3. The molecule has 5 heteroatoms. The maximum absolute atomic E-state index is 12.8. The smallest absolute Gasteiger partial charge is 0.319 e. The molecule has 2 aliphatic rings. The Morgan fingerprint density at radius 2 is 1.80 bits per heavy atom. The Hall–Kier alpha value is -2.04. The average Bonchev–Trinajstić information content (AvgIpc) is 2.83. The number of likely N-dealkylation sites (tertiary alicyclic amines) is 1. The summed E-state index contributed by atoms with van der Waals surface area (Å²) in [6.45, 7) is 1.33. The second-order valence-electron chi connectivity index (χ2n) is 7.44. The van der Waals surface area contributed by atoms with Gasteiger partial charge in [0, 0.05) is 33.1 Å². The van der Waals surface area contributed by atoms with Crippen LogP contribution in [0, 0.1) is 5.92 Å². The number of piperidine rings is 1. The molecule has 0 radical (unpaired) electrons. The number of carbonyl (C=O) groups is 2. The molecule has 0 aromatic heterocycles. The first-order valence-electron chi connectivity index (χ1n) is 9.40. The lowest BCUT2D eigenvalue weighted by atomic mass is 9.94. The highest BCUT2D eigenvalue weighted by atomic mass is 16.2. The van der Waals surface area contributed by atoms with Gasteiger partial charge in [-0.3, -0.25) is 4.79 Å². The van der Waals surface area contributed by atoms with E-state index in [0.717, 1.165) is 32.1 Å². The predicted molar refractivity (Wildman–Crippen MR) is 98.3 cm³/mol. The van der Waals surface area contributed by atoms with Crippen molar-refractivity contribution in [3.8, 4) is 0 Å². The van der Waals surface area contributed by atoms with Crippen molar-refractivity contribution in [2.75, 3.05) is 27.2 Å². The molecule has 25 heavy (non-hydrogen) atoms. The summed E-state index contributed by atoms with van der Waals surface area (Å²) in [6.07, 6.45) is 5.96. The van der Waals surface area contributed by atoms with Gasteiger partial charge in [0.05, 0.1) is 6.04 Å². The van der Waals surface area contributed by atoms with E-state index in [-0.39, 0.29) is 23.9 Å². The third kappa shape index (κ3) is 4.14. The number of rotatable bonds is 2. The van der Waals surface area contributed by atoms with Crippen molar-refractivity contribution in [3.63, 3.8) is 0 Å². The van der Waals surface area contributed by atoms with Crippen LogP contribution in [0.3, 0.4) is 0 Å². The van der Waals surface area contributed by atoms with Crippen LogP contribution in [0.1, 0.15) is 49.3 Å². The maximum atomic E-state index is 12.8. The number of benzene rings is 1. The third-order valence-corrected chi connectivity index (χ3v) is 5.45. The molecule has 1 aliphatic carbocycles. The van der Waals surface area contributed by atoms with Crippen LogP contribution in [0.15, 0.2) is 24.3 Å². The number of nitrogens with zero attached hydrogens (tertiary/aromatic N) is 2. The molecule has 0 spiro atoms. The van der Waals surface area contributed by atoms with Crippen molar-refractivity contribution in [3.05, 3.63) is 35.4 Å². The first kappa shape index (κ1) is 17.8. The van der Waals surface area contributed by atoms with Crippen molar-refractivity contribution < 1.29 is 9.59 Å². The van der Waals surface area contributed by atoms with Crippen LogP contribution in [0.4, 0.5) is 4.79 Å². The topological polar surface area (TPSA) is 52.7 Å². The van der Waals surface area contributed by atoms with Gasteiger partial charge in [-0.15, -0.1) is 0 Å². The zero-order chi connectivity index (χ0) is 17.8. The first-order valence-corrected chi connectivity index (χ1v) is 9.40. The summed E-state index contributed by atoms with van der Waals surface area (Å²) < 4.78 is 0. The molecule has 3 amide bonds. The summed E-state index contributed by atoms with van der Waals surface area (Å²) in [7, 11) is 3.54. The number of hydrogen-bond donors (Lipinski definition) is 1. The zero-order valence-electron chi connectivity index (χ0n) is 15.3. The fourth-order valence-electron chi connectivity index (χ4n) is 3.98. The number of fused-ring (bicyclic) bond motifs is 1. The third-order valence-electron chi connectivity index (χ3n) is 5.45. The van der Waals surface area contributed by atoms with Gasteiger partial charge in [0.25, 0.3) is 0 Å². The zero-order valence-corrected chi connectivity index (χ0v) is 15.3. The van der Waals surface area contributed by atoms with Gasteiger partial charge in [0.15, 0.2) is 0 Å². The molecule has 136 valence electrons. The van der Waals surface area contributed by atoms with E-state index in [2.05, 4.69) is 29.6 Å². The summed E-state index contributed by atoms with van der Waals surface area (Å²) >= 11 is 0. The Balaban J connectivity index is 1.59. The molecule has 1 atom stereocenters. The molecule has 5 nitrogen and oxygen atoms in total. The fourth-order valence-corrected chi connectivity index (χ4v) is 3.98. The lowest BCUT2D eigenvalue weighted by Gasteiger charge is -2.33. The molecule has 1 aliphatic heterocycles. The average molecular weight is 343 g/mol. The van der Waals surface area contributed by atoms with Gasteiger partial charge in [-0.2, -0.15) is 0 Å². The van der Waals surface area contributed by atoms with Crippen molar-refractivity contribution in [2.24, 2.45) is 5.92 Å². The van der Waals surface area contributed by atoms with Crippen LogP contribution < -0.4 is 5.32 Å². The Kier molecular flexibility index (Phi) is 5.61. The Bertz CT molecular complexity index is 621. The van der Waals surface area contributed by atoms with Crippen LogP contribution in [0.2, 0.25) is 0 Å². The Labute approximate surface area is 150 Å². The van der Waals surface area contributed by atoms with Gasteiger partial charge in [0.2, 0.25) is 5.91 Å². The molecule has 1 aromatic rings. The fraction of sp³-hybridized carbons (Fsp3) is 0.600. The standard InChI is InChI=1S/C20H29N3O2/c1-22(2)20(25)23-13-11-16(12-14-23)19(24)21-18-10-6-4-8-15-7-3-5-9-17(15)18/h3,5,7,9,16,18H,4,6,8,10-14H2,1-2H3,(H,21,24). The summed E-state index contributed by atoms with van der Waals surface area (Å²) in [5.41, 5.74) is 2.66. The minimum absolute atomic E-state index is 0.0154. The second-order valence-corrected chi connectivity index (χ2v) is 7.44. The largest absolute Gasteiger partial charge is 0.349 e. The van der Waals surface area contributed by atoms with Crippen LogP contribution >= 0.6 is 0 Å². The van der Waals surface area contributed by atoms with Crippen LogP contribution in [0.25, 0.3) is 0 Å². The first-order chi connectivity index (χ1) is 12.1. The van der Waals surface area contributed by atoms with Crippen molar-refractivity contribution in [2.45, 2.75) is 44.6 Å². The molecule has 3 rings (SSSR count). The van der Waals surface area contributed by atoms with Gasteiger partial charge in [-0.1, -0.05) is 30.7 Å². The molecule has 1 aromatic carbocycles. The number of nitrogens with one attached hydrogen (secondary N) is 1. The second kappa shape index (κ2) is 7.89. The van der Waals surface area contributed by atoms with Crippen LogP contribution in [-0.2, 0) is 11.2 Å². The highest BCUT2D eigenvalue weighted by Gasteiger charge is 2.30. The van der Waals surface area contributed by atoms with E-state index in [1.54, 1.807) is 19.0 Å². The lowest BCUT2D eigenvalue weighted by molar-refractivity contribution is -0.127. The number of carbonyl (C=O) groups excluding carboxylic acids is 2. The van der Waals surface area contributed by atoms with E-state index < -0.39 is 0 Å². The molecule has 1 heterocycles. The summed E-state index contributed by atoms with van der Waals surface area (Å²) in [5, 5.41) is 3.30. The highest BCUT2D eigenvalue weighted by molar-refractivity contribution is 5.80. The van der Waals surface area contributed by atoms with Gasteiger partial charge < -0.3 is 15.1 Å². The lowest BCUT2D eigenvalue weighted by Crippen LogP contribution is -2.46. The molecule has 1 saturated heterocycles. The molecular weight excluding hydrogens is 314 g/mol. The minimum Gasteiger partial charge on any atom is -0.349 e. The highest BCUT2D eigenvalue weighted by Crippen LogP contribution is 2.29. The van der Waals surface area contributed by atoms with Gasteiger partial charge in [-0.25, -0.2) is 4.79 Å². The molecule has 0 bridgehead atoms. The summed E-state index contributed by atoms with van der Waals surface area (Å²) in [5.74, 6) is 0.167. The van der Waals surface area contributed by atoms with E-state index in [9.17, 15) is 9.59 Å². The van der Waals surface area contributed by atoms with E-state index in [4.69, 9.17) is 0 Å².